The van der Waals surface area contributed by atoms with E-state index in [4.69, 9.17) is 4.74 Å². The van der Waals surface area contributed by atoms with Crippen LogP contribution in [0.25, 0.3) is 0 Å². The van der Waals surface area contributed by atoms with Crippen molar-refractivity contribution in [2.75, 3.05) is 18.4 Å². The maximum atomic E-state index is 13.7. The predicted molar refractivity (Wildman–Crippen MR) is 93.3 cm³/mol. The number of aryl methyl sites for hydroxylation is 1. The number of benzene rings is 1. The van der Waals surface area contributed by atoms with Crippen molar-refractivity contribution >= 4 is 27.7 Å². The van der Waals surface area contributed by atoms with Gasteiger partial charge in [-0.05, 0) is 74.2 Å². The van der Waals surface area contributed by atoms with Gasteiger partial charge in [0.2, 0.25) is 0 Å². The highest BCUT2D eigenvalue weighted by Gasteiger charge is 2.27. The van der Waals surface area contributed by atoms with Crippen LogP contribution in [-0.2, 0) is 4.74 Å². The SMILES string of the molecule is Cc1cc(Br)c(F)cc1NC1CCCN(C(=O)OC(C)(C)C)C1. The molecular weight excluding hydrogens is 363 g/mol. The summed E-state index contributed by atoms with van der Waals surface area (Å²) in [5, 5.41) is 3.35. The van der Waals surface area contributed by atoms with Crippen molar-refractivity contribution in [1.82, 2.24) is 4.90 Å². The minimum atomic E-state index is -0.497. The van der Waals surface area contributed by atoms with Crippen molar-refractivity contribution in [3.8, 4) is 0 Å². The molecule has 0 spiro atoms. The van der Waals surface area contributed by atoms with Gasteiger partial charge >= 0.3 is 6.09 Å². The summed E-state index contributed by atoms with van der Waals surface area (Å²) >= 11 is 3.19. The zero-order chi connectivity index (χ0) is 17.2. The fourth-order valence-corrected chi connectivity index (χ4v) is 3.07. The Morgan fingerprint density at radius 3 is 2.78 bits per heavy atom. The summed E-state index contributed by atoms with van der Waals surface area (Å²) in [6.45, 7) is 8.77. The van der Waals surface area contributed by atoms with Crippen LogP contribution in [0.4, 0.5) is 14.9 Å². The van der Waals surface area contributed by atoms with Crippen LogP contribution in [0, 0.1) is 12.7 Å². The zero-order valence-electron chi connectivity index (χ0n) is 14.1. The van der Waals surface area contributed by atoms with E-state index in [1.807, 2.05) is 27.7 Å². The molecule has 1 N–H and O–H groups in total. The largest absolute Gasteiger partial charge is 0.444 e. The second-order valence-electron chi connectivity index (χ2n) is 6.99. The van der Waals surface area contributed by atoms with Crippen LogP contribution in [0.5, 0.6) is 0 Å². The Hall–Kier alpha value is -1.30. The van der Waals surface area contributed by atoms with E-state index in [9.17, 15) is 9.18 Å². The van der Waals surface area contributed by atoms with Crippen LogP contribution >= 0.6 is 15.9 Å². The van der Waals surface area contributed by atoms with E-state index in [0.29, 0.717) is 17.6 Å². The van der Waals surface area contributed by atoms with Crippen LogP contribution in [0.2, 0.25) is 0 Å². The second-order valence-corrected chi connectivity index (χ2v) is 7.85. The molecule has 0 aliphatic carbocycles. The Kier molecular flexibility index (Phi) is 5.55. The third-order valence-electron chi connectivity index (χ3n) is 3.70. The molecule has 0 saturated carbocycles. The zero-order valence-corrected chi connectivity index (χ0v) is 15.7. The molecule has 1 aliphatic heterocycles. The lowest BCUT2D eigenvalue weighted by Crippen LogP contribution is -2.47. The Morgan fingerprint density at radius 1 is 1.43 bits per heavy atom. The number of hydrogen-bond donors (Lipinski definition) is 1. The van der Waals surface area contributed by atoms with Gasteiger partial charge in [0, 0.05) is 24.8 Å². The van der Waals surface area contributed by atoms with Gasteiger partial charge in [-0.3, -0.25) is 0 Å². The van der Waals surface area contributed by atoms with Crippen molar-refractivity contribution < 1.29 is 13.9 Å². The topological polar surface area (TPSA) is 41.6 Å². The number of carbonyl (C=O) groups is 1. The summed E-state index contributed by atoms with van der Waals surface area (Å²) in [5.74, 6) is -0.294. The number of piperidine rings is 1. The molecule has 1 aromatic rings. The molecular formula is C17H24BrFN2O2. The molecule has 0 bridgehead atoms. The minimum absolute atomic E-state index is 0.0931. The lowest BCUT2D eigenvalue weighted by atomic mass is 10.0. The maximum absolute atomic E-state index is 13.7. The number of halogens is 2. The molecule has 128 valence electrons. The van der Waals surface area contributed by atoms with E-state index < -0.39 is 5.60 Å². The summed E-state index contributed by atoms with van der Waals surface area (Å²) in [6, 6.07) is 3.34. The van der Waals surface area contributed by atoms with Gasteiger partial charge < -0.3 is 15.0 Å². The van der Waals surface area contributed by atoms with Crippen molar-refractivity contribution in [1.29, 1.82) is 0 Å². The average molecular weight is 387 g/mol. The van der Waals surface area contributed by atoms with Gasteiger partial charge in [-0.25, -0.2) is 9.18 Å². The van der Waals surface area contributed by atoms with Crippen LogP contribution in [0.1, 0.15) is 39.2 Å². The Balaban J connectivity index is 2.02. The highest BCUT2D eigenvalue weighted by molar-refractivity contribution is 9.10. The summed E-state index contributed by atoms with van der Waals surface area (Å²) < 4.78 is 19.6. The Morgan fingerprint density at radius 2 is 2.13 bits per heavy atom. The van der Waals surface area contributed by atoms with Crippen molar-refractivity contribution in [3.63, 3.8) is 0 Å². The first kappa shape index (κ1) is 18.0. The number of ether oxygens (including phenoxy) is 1. The first-order chi connectivity index (χ1) is 10.7. The predicted octanol–water partition coefficient (Wildman–Crippen LogP) is 4.71. The second kappa shape index (κ2) is 7.07. The third kappa shape index (κ3) is 5.09. The monoisotopic (exact) mass is 386 g/mol. The average Bonchev–Trinajstić information content (AvgIpc) is 2.43. The lowest BCUT2D eigenvalue weighted by molar-refractivity contribution is 0.0206. The van der Waals surface area contributed by atoms with Crippen LogP contribution in [0.15, 0.2) is 16.6 Å². The summed E-state index contributed by atoms with van der Waals surface area (Å²) in [6.07, 6.45) is 1.55. The van der Waals surface area contributed by atoms with E-state index in [1.165, 1.54) is 6.07 Å². The standard InChI is InChI=1S/C17H24BrFN2O2/c1-11-8-13(18)14(19)9-15(11)20-12-6-5-7-21(10-12)16(22)23-17(2,3)4/h8-9,12,20H,5-7,10H2,1-4H3. The number of carbonyl (C=O) groups excluding carboxylic acids is 1. The minimum Gasteiger partial charge on any atom is -0.444 e. The molecule has 23 heavy (non-hydrogen) atoms. The molecule has 1 atom stereocenters. The van der Waals surface area contributed by atoms with Gasteiger partial charge in [-0.15, -0.1) is 0 Å². The maximum Gasteiger partial charge on any atom is 0.410 e. The van der Waals surface area contributed by atoms with Gasteiger partial charge in [0.05, 0.1) is 4.47 Å². The number of nitrogens with one attached hydrogen (secondary N) is 1. The van der Waals surface area contributed by atoms with Gasteiger partial charge in [-0.1, -0.05) is 0 Å². The quantitative estimate of drug-likeness (QED) is 0.799. The molecule has 1 unspecified atom stereocenters. The summed E-state index contributed by atoms with van der Waals surface area (Å²) in [7, 11) is 0. The van der Waals surface area contributed by atoms with E-state index >= 15 is 0 Å². The molecule has 1 heterocycles. The van der Waals surface area contributed by atoms with Gasteiger partial charge in [0.1, 0.15) is 11.4 Å². The fraction of sp³-hybridized carbons (Fsp3) is 0.588. The molecule has 0 aromatic heterocycles. The van der Waals surface area contributed by atoms with E-state index in [-0.39, 0.29) is 18.0 Å². The number of nitrogens with zero attached hydrogens (tertiary/aromatic N) is 1. The van der Waals surface area contributed by atoms with Crippen LogP contribution in [0.3, 0.4) is 0 Å². The van der Waals surface area contributed by atoms with Gasteiger partial charge in [-0.2, -0.15) is 0 Å². The number of amides is 1. The lowest BCUT2D eigenvalue weighted by Gasteiger charge is -2.35. The smallest absolute Gasteiger partial charge is 0.410 e. The molecule has 1 saturated heterocycles. The van der Waals surface area contributed by atoms with Crippen molar-refractivity contribution in [2.45, 2.75) is 52.2 Å². The number of hydrogen-bond acceptors (Lipinski definition) is 3. The Labute approximate surface area is 145 Å². The van der Waals surface area contributed by atoms with Crippen LogP contribution in [-0.4, -0.2) is 35.7 Å². The molecule has 1 fully saturated rings. The summed E-state index contributed by atoms with van der Waals surface area (Å²) in [5.41, 5.74) is 1.23. The molecule has 6 heteroatoms. The number of anilines is 1. The first-order valence-corrected chi connectivity index (χ1v) is 8.65. The highest BCUT2D eigenvalue weighted by atomic mass is 79.9. The highest BCUT2D eigenvalue weighted by Crippen LogP contribution is 2.26. The molecule has 0 radical (unpaired) electrons. The molecule has 2 rings (SSSR count). The molecule has 1 aliphatic rings. The molecule has 1 amide bonds. The van der Waals surface area contributed by atoms with E-state index in [1.54, 1.807) is 11.0 Å². The normalized spacial score (nSPS) is 18.7. The first-order valence-electron chi connectivity index (χ1n) is 7.86. The Bertz CT molecular complexity index is 587. The van der Waals surface area contributed by atoms with Crippen molar-refractivity contribution in [3.05, 3.63) is 28.0 Å². The van der Waals surface area contributed by atoms with Crippen molar-refractivity contribution in [2.24, 2.45) is 0 Å². The fourth-order valence-electron chi connectivity index (χ4n) is 2.61. The molecule has 1 aromatic carbocycles. The third-order valence-corrected chi connectivity index (χ3v) is 4.31. The number of likely N-dealkylation sites (tertiary alicyclic amines) is 1. The number of rotatable bonds is 2. The van der Waals surface area contributed by atoms with E-state index in [0.717, 1.165) is 24.1 Å². The van der Waals surface area contributed by atoms with Crippen LogP contribution < -0.4 is 5.32 Å². The van der Waals surface area contributed by atoms with Gasteiger partial charge in [0.25, 0.3) is 0 Å². The summed E-state index contributed by atoms with van der Waals surface area (Å²) in [4.78, 5) is 13.9. The van der Waals surface area contributed by atoms with Gasteiger partial charge in [0.15, 0.2) is 0 Å². The molecule has 4 nitrogen and oxygen atoms in total. The van der Waals surface area contributed by atoms with E-state index in [2.05, 4.69) is 21.2 Å².